The van der Waals surface area contributed by atoms with Crippen molar-refractivity contribution in [1.82, 2.24) is 10.2 Å². The maximum atomic E-state index is 12.2. The van der Waals surface area contributed by atoms with Crippen LogP contribution in [0.5, 0.6) is 5.75 Å². The van der Waals surface area contributed by atoms with Crippen LogP contribution in [0, 0.1) is 20.8 Å². The van der Waals surface area contributed by atoms with Gasteiger partial charge in [-0.3, -0.25) is 4.79 Å². The second-order valence-electron chi connectivity index (χ2n) is 6.32. The molecule has 1 aromatic heterocycles. The number of thioether (sulfide) groups is 1. The first-order valence-corrected chi connectivity index (χ1v) is 10.4. The van der Waals surface area contributed by atoms with Crippen molar-refractivity contribution in [3.63, 3.8) is 0 Å². The topological polar surface area (TPSA) is 77.2 Å². The summed E-state index contributed by atoms with van der Waals surface area (Å²) in [6.07, 6.45) is 0. The molecule has 1 amide bonds. The second kappa shape index (κ2) is 9.25. The minimum absolute atomic E-state index is 0.149. The molecule has 0 unspecified atom stereocenters. The van der Waals surface area contributed by atoms with Crippen LogP contribution in [-0.4, -0.2) is 21.9 Å². The van der Waals surface area contributed by atoms with Gasteiger partial charge in [-0.1, -0.05) is 29.5 Å². The van der Waals surface area contributed by atoms with Gasteiger partial charge in [0.25, 0.3) is 11.1 Å². The Balaban J connectivity index is 1.49. The Kier molecular flexibility index (Phi) is 6.74. The maximum Gasteiger partial charge on any atom is 0.277 e. The minimum atomic E-state index is -0.149. The summed E-state index contributed by atoms with van der Waals surface area (Å²) in [7, 11) is 0. The molecule has 0 saturated heterocycles. The SMILES string of the molecule is Cc1ccc(OCc2nnc(SCC(=O)Nc3cc(C)c(C)cc3Br)o2)cc1. The zero-order valence-corrected chi connectivity index (χ0v) is 18.2. The van der Waals surface area contributed by atoms with Gasteiger partial charge in [0.1, 0.15) is 5.75 Å². The highest BCUT2D eigenvalue weighted by atomic mass is 79.9. The van der Waals surface area contributed by atoms with Crippen molar-refractivity contribution >= 4 is 39.3 Å². The quantitative estimate of drug-likeness (QED) is 0.495. The number of halogens is 1. The number of aryl methyl sites for hydroxylation is 3. The number of hydrogen-bond donors (Lipinski definition) is 1. The fourth-order valence-corrected chi connectivity index (χ4v) is 3.46. The van der Waals surface area contributed by atoms with Crippen molar-refractivity contribution in [2.75, 3.05) is 11.1 Å². The fourth-order valence-electron chi connectivity index (χ4n) is 2.32. The van der Waals surface area contributed by atoms with Crippen LogP contribution in [0.4, 0.5) is 5.69 Å². The van der Waals surface area contributed by atoms with Crippen LogP contribution >= 0.6 is 27.7 Å². The van der Waals surface area contributed by atoms with E-state index >= 15 is 0 Å². The van der Waals surface area contributed by atoms with Crippen LogP contribution in [0.1, 0.15) is 22.6 Å². The molecule has 1 heterocycles. The highest BCUT2D eigenvalue weighted by molar-refractivity contribution is 9.10. The van der Waals surface area contributed by atoms with E-state index in [0.717, 1.165) is 32.6 Å². The molecule has 0 atom stereocenters. The average Bonchev–Trinajstić information content (AvgIpc) is 3.12. The Labute approximate surface area is 176 Å². The Hall–Kier alpha value is -2.32. The third-order valence-electron chi connectivity index (χ3n) is 4.02. The van der Waals surface area contributed by atoms with Crippen molar-refractivity contribution in [3.05, 3.63) is 63.5 Å². The van der Waals surface area contributed by atoms with E-state index in [1.54, 1.807) is 0 Å². The van der Waals surface area contributed by atoms with Gasteiger partial charge in [0.15, 0.2) is 6.61 Å². The molecule has 0 radical (unpaired) electrons. The van der Waals surface area contributed by atoms with Crippen LogP contribution in [0.2, 0.25) is 0 Å². The van der Waals surface area contributed by atoms with Gasteiger partial charge in [-0.2, -0.15) is 0 Å². The number of benzene rings is 2. The number of hydrogen-bond acceptors (Lipinski definition) is 6. The number of ether oxygens (including phenoxy) is 1. The smallest absolute Gasteiger partial charge is 0.277 e. The molecule has 0 fully saturated rings. The van der Waals surface area contributed by atoms with E-state index in [2.05, 4.69) is 31.4 Å². The van der Waals surface area contributed by atoms with Crippen LogP contribution in [0.15, 0.2) is 50.5 Å². The Morgan fingerprint density at radius 3 is 2.61 bits per heavy atom. The largest absolute Gasteiger partial charge is 0.484 e. The van der Waals surface area contributed by atoms with E-state index in [-0.39, 0.29) is 18.3 Å². The summed E-state index contributed by atoms with van der Waals surface area (Å²) < 4.78 is 12.0. The molecule has 8 heteroatoms. The lowest BCUT2D eigenvalue weighted by molar-refractivity contribution is -0.113. The molecule has 0 bridgehead atoms. The summed E-state index contributed by atoms with van der Waals surface area (Å²) in [5.74, 6) is 1.11. The third kappa shape index (κ3) is 5.59. The molecular formula is C20H20BrN3O3S. The number of nitrogens with zero attached hydrogens (tertiary/aromatic N) is 2. The highest BCUT2D eigenvalue weighted by Gasteiger charge is 2.12. The summed E-state index contributed by atoms with van der Waals surface area (Å²) in [4.78, 5) is 12.2. The zero-order chi connectivity index (χ0) is 20.1. The molecule has 3 aromatic rings. The number of rotatable bonds is 7. The summed E-state index contributed by atoms with van der Waals surface area (Å²) in [5, 5.41) is 11.1. The number of carbonyl (C=O) groups is 1. The lowest BCUT2D eigenvalue weighted by atomic mass is 10.1. The number of carbonyl (C=O) groups excluding carboxylic acids is 1. The highest BCUT2D eigenvalue weighted by Crippen LogP contribution is 2.26. The number of nitrogens with one attached hydrogen (secondary N) is 1. The molecular weight excluding hydrogens is 442 g/mol. The van der Waals surface area contributed by atoms with Crippen LogP contribution in [0.25, 0.3) is 0 Å². The van der Waals surface area contributed by atoms with Gasteiger partial charge in [-0.15, -0.1) is 10.2 Å². The first-order valence-electron chi connectivity index (χ1n) is 8.62. The van der Waals surface area contributed by atoms with Gasteiger partial charge in [-0.05, 0) is 72.1 Å². The standard InChI is InChI=1S/C20H20BrN3O3S/c1-12-4-6-15(7-5-12)26-10-19-23-24-20(27-19)28-11-18(25)22-17-9-14(3)13(2)8-16(17)21/h4-9H,10-11H2,1-3H3,(H,22,25). The van der Waals surface area contributed by atoms with Crippen molar-refractivity contribution in [2.45, 2.75) is 32.6 Å². The van der Waals surface area contributed by atoms with Gasteiger partial charge >= 0.3 is 0 Å². The molecule has 0 saturated carbocycles. The van der Waals surface area contributed by atoms with Gasteiger partial charge in [0, 0.05) is 4.47 Å². The molecule has 0 aliphatic heterocycles. The molecule has 6 nitrogen and oxygen atoms in total. The van der Waals surface area contributed by atoms with E-state index < -0.39 is 0 Å². The van der Waals surface area contributed by atoms with Crippen LogP contribution < -0.4 is 10.1 Å². The molecule has 28 heavy (non-hydrogen) atoms. The van der Waals surface area contributed by atoms with Crippen molar-refractivity contribution in [2.24, 2.45) is 0 Å². The predicted octanol–water partition coefficient (Wildman–Crippen LogP) is 5.07. The monoisotopic (exact) mass is 461 g/mol. The minimum Gasteiger partial charge on any atom is -0.484 e. The molecule has 3 rings (SSSR count). The summed E-state index contributed by atoms with van der Waals surface area (Å²) in [5.41, 5.74) is 4.17. The van der Waals surface area contributed by atoms with Crippen LogP contribution in [0.3, 0.4) is 0 Å². The molecule has 0 aliphatic carbocycles. The Morgan fingerprint density at radius 1 is 1.14 bits per heavy atom. The number of anilines is 1. The summed E-state index contributed by atoms with van der Waals surface area (Å²) in [6, 6.07) is 11.6. The molecule has 2 aromatic carbocycles. The molecule has 0 aliphatic rings. The first kappa shape index (κ1) is 20.4. The normalized spacial score (nSPS) is 10.7. The predicted molar refractivity (Wildman–Crippen MR) is 113 cm³/mol. The van der Waals surface area contributed by atoms with Crippen LogP contribution in [-0.2, 0) is 11.4 Å². The first-order chi connectivity index (χ1) is 13.4. The van der Waals surface area contributed by atoms with Gasteiger partial charge in [0.2, 0.25) is 5.91 Å². The number of aromatic nitrogens is 2. The fraction of sp³-hybridized carbons (Fsp3) is 0.250. The Bertz CT molecular complexity index is 973. The maximum absolute atomic E-state index is 12.2. The van der Waals surface area contributed by atoms with Gasteiger partial charge in [0.05, 0.1) is 11.4 Å². The molecule has 1 N–H and O–H groups in total. The Morgan fingerprint density at radius 2 is 1.86 bits per heavy atom. The number of amides is 1. The molecule has 146 valence electrons. The van der Waals surface area contributed by atoms with E-state index in [1.165, 1.54) is 11.8 Å². The van der Waals surface area contributed by atoms with E-state index in [4.69, 9.17) is 9.15 Å². The van der Waals surface area contributed by atoms with E-state index in [0.29, 0.717) is 11.1 Å². The summed E-state index contributed by atoms with van der Waals surface area (Å²) in [6.45, 7) is 6.22. The van der Waals surface area contributed by atoms with E-state index in [9.17, 15) is 4.79 Å². The van der Waals surface area contributed by atoms with Gasteiger partial charge in [-0.25, -0.2) is 0 Å². The van der Waals surface area contributed by atoms with Crippen molar-refractivity contribution in [1.29, 1.82) is 0 Å². The van der Waals surface area contributed by atoms with Gasteiger partial charge < -0.3 is 14.5 Å². The zero-order valence-electron chi connectivity index (χ0n) is 15.8. The molecule has 0 spiro atoms. The van der Waals surface area contributed by atoms with Crippen molar-refractivity contribution < 1.29 is 13.9 Å². The average molecular weight is 462 g/mol. The third-order valence-corrected chi connectivity index (χ3v) is 5.49. The second-order valence-corrected chi connectivity index (χ2v) is 8.10. The summed E-state index contributed by atoms with van der Waals surface area (Å²) >= 11 is 4.66. The lowest BCUT2D eigenvalue weighted by Gasteiger charge is -2.09. The van der Waals surface area contributed by atoms with E-state index in [1.807, 2.05) is 57.2 Å². The lowest BCUT2D eigenvalue weighted by Crippen LogP contribution is -2.14. The van der Waals surface area contributed by atoms with Crippen molar-refractivity contribution in [3.8, 4) is 5.75 Å².